The molecule has 0 saturated carbocycles. The summed E-state index contributed by atoms with van der Waals surface area (Å²) >= 11 is 0. The van der Waals surface area contributed by atoms with E-state index in [2.05, 4.69) is 14.8 Å². The van der Waals surface area contributed by atoms with Gasteiger partial charge in [0, 0.05) is 11.8 Å². The highest BCUT2D eigenvalue weighted by Crippen LogP contribution is 2.42. The molecular formula is C17H14F2N2O5. The molecule has 4 rings (SSSR count). The number of nitrogens with one attached hydrogen (secondary N) is 1. The van der Waals surface area contributed by atoms with Gasteiger partial charge in [0.05, 0.1) is 11.8 Å². The molecule has 2 aliphatic heterocycles. The standard InChI is InChI=1S/C17H14F2N2O5/c18-17(19)25-12-6-5-9(7-13(12)26-17)20-14(22)8-21-15(23)10-3-1-2-4-11(10)16(21)24/h1-2,5-7,10-11H,3-4,8H2,(H,20,22)/t10-,11+. The SMILES string of the molecule is O=C(CN1C(=O)[C@H]2CC=CC[C@H]2C1=O)Nc1ccc2c(c1)OC(F)(F)O2. The Balaban J connectivity index is 1.42. The molecule has 1 aromatic carbocycles. The minimum Gasteiger partial charge on any atom is -0.395 e. The van der Waals surface area contributed by atoms with Crippen molar-refractivity contribution in [1.29, 1.82) is 0 Å². The lowest BCUT2D eigenvalue weighted by Crippen LogP contribution is -2.38. The van der Waals surface area contributed by atoms with Gasteiger partial charge in [-0.15, -0.1) is 8.78 Å². The third-order valence-corrected chi connectivity index (χ3v) is 4.59. The fourth-order valence-electron chi connectivity index (χ4n) is 3.40. The van der Waals surface area contributed by atoms with Gasteiger partial charge in [0.2, 0.25) is 17.7 Å². The summed E-state index contributed by atoms with van der Waals surface area (Å²) < 4.78 is 34.6. The zero-order valence-electron chi connectivity index (χ0n) is 13.4. The summed E-state index contributed by atoms with van der Waals surface area (Å²) in [5.41, 5.74) is 0.188. The molecule has 7 nitrogen and oxygen atoms in total. The van der Waals surface area contributed by atoms with Crippen molar-refractivity contribution >= 4 is 23.4 Å². The highest BCUT2D eigenvalue weighted by molar-refractivity contribution is 6.08. The Morgan fingerprint density at radius 2 is 1.73 bits per heavy atom. The Kier molecular flexibility index (Phi) is 3.67. The van der Waals surface area contributed by atoms with E-state index in [0.717, 1.165) is 4.90 Å². The van der Waals surface area contributed by atoms with Crippen LogP contribution in [0.15, 0.2) is 30.4 Å². The van der Waals surface area contributed by atoms with Gasteiger partial charge in [-0.1, -0.05) is 12.2 Å². The molecule has 1 N–H and O–H groups in total. The van der Waals surface area contributed by atoms with Crippen LogP contribution in [0.25, 0.3) is 0 Å². The van der Waals surface area contributed by atoms with Crippen LogP contribution < -0.4 is 14.8 Å². The number of allylic oxidation sites excluding steroid dienone is 2. The van der Waals surface area contributed by atoms with Gasteiger partial charge in [-0.05, 0) is 25.0 Å². The van der Waals surface area contributed by atoms with Gasteiger partial charge in [-0.3, -0.25) is 19.3 Å². The van der Waals surface area contributed by atoms with Crippen LogP contribution in [0.3, 0.4) is 0 Å². The number of nitrogens with zero attached hydrogens (tertiary/aromatic N) is 1. The number of carbonyl (C=O) groups excluding carboxylic acids is 3. The second-order valence-electron chi connectivity index (χ2n) is 6.30. The maximum atomic E-state index is 13.0. The third-order valence-electron chi connectivity index (χ3n) is 4.59. The number of anilines is 1. The van der Waals surface area contributed by atoms with E-state index in [1.54, 1.807) is 0 Å². The maximum absolute atomic E-state index is 13.0. The molecule has 3 aliphatic rings. The molecule has 1 aliphatic carbocycles. The van der Waals surface area contributed by atoms with Crippen molar-refractivity contribution in [1.82, 2.24) is 4.90 Å². The van der Waals surface area contributed by atoms with Crippen LogP contribution in [0.5, 0.6) is 11.5 Å². The summed E-state index contributed by atoms with van der Waals surface area (Å²) in [6, 6.07) is 3.78. The minimum atomic E-state index is -3.75. The second-order valence-corrected chi connectivity index (χ2v) is 6.30. The van der Waals surface area contributed by atoms with Crippen molar-refractivity contribution in [3.8, 4) is 11.5 Å². The number of hydrogen-bond acceptors (Lipinski definition) is 5. The molecule has 1 saturated heterocycles. The quantitative estimate of drug-likeness (QED) is 0.654. The van der Waals surface area contributed by atoms with Gasteiger partial charge in [0.1, 0.15) is 6.54 Å². The molecule has 9 heteroatoms. The number of hydrogen-bond donors (Lipinski definition) is 1. The lowest BCUT2D eigenvalue weighted by Gasteiger charge is -2.14. The summed E-state index contributed by atoms with van der Waals surface area (Å²) in [4.78, 5) is 37.8. The minimum absolute atomic E-state index is 0.144. The zero-order chi connectivity index (χ0) is 18.5. The average molecular weight is 364 g/mol. The van der Waals surface area contributed by atoms with Gasteiger partial charge < -0.3 is 14.8 Å². The van der Waals surface area contributed by atoms with Crippen LogP contribution in [0, 0.1) is 11.8 Å². The number of fused-ring (bicyclic) bond motifs is 2. The smallest absolute Gasteiger partial charge is 0.395 e. The second kappa shape index (κ2) is 5.79. The number of ether oxygens (including phenoxy) is 2. The summed E-state index contributed by atoms with van der Waals surface area (Å²) in [5, 5.41) is 2.47. The topological polar surface area (TPSA) is 84.9 Å². The molecule has 1 fully saturated rings. The fraction of sp³-hybridized carbons (Fsp3) is 0.353. The number of benzene rings is 1. The summed E-state index contributed by atoms with van der Waals surface area (Å²) in [5.74, 6) is -2.49. The summed E-state index contributed by atoms with van der Waals surface area (Å²) in [7, 11) is 0. The Hall–Kier alpha value is -2.97. The van der Waals surface area contributed by atoms with Crippen LogP contribution in [-0.2, 0) is 14.4 Å². The van der Waals surface area contributed by atoms with E-state index in [9.17, 15) is 23.2 Å². The number of carbonyl (C=O) groups is 3. The Morgan fingerprint density at radius 3 is 2.38 bits per heavy atom. The molecule has 0 unspecified atom stereocenters. The van der Waals surface area contributed by atoms with Gasteiger partial charge in [0.15, 0.2) is 11.5 Å². The van der Waals surface area contributed by atoms with Gasteiger partial charge in [0.25, 0.3) is 0 Å². The number of amides is 3. The van der Waals surface area contributed by atoms with Crippen LogP contribution in [0.1, 0.15) is 12.8 Å². The summed E-state index contributed by atoms with van der Waals surface area (Å²) in [6.45, 7) is -0.421. The van der Waals surface area contributed by atoms with Crippen molar-refractivity contribution in [2.75, 3.05) is 11.9 Å². The molecule has 2 atom stereocenters. The molecule has 3 amide bonds. The van der Waals surface area contributed by atoms with E-state index >= 15 is 0 Å². The predicted octanol–water partition coefficient (Wildman–Crippen LogP) is 1.90. The number of alkyl halides is 2. The fourth-order valence-corrected chi connectivity index (χ4v) is 3.40. The van der Waals surface area contributed by atoms with Crippen LogP contribution in [0.2, 0.25) is 0 Å². The molecule has 0 bridgehead atoms. The first kappa shape index (κ1) is 16.5. The number of rotatable bonds is 3. The van der Waals surface area contributed by atoms with E-state index < -0.39 is 30.6 Å². The molecule has 136 valence electrons. The van der Waals surface area contributed by atoms with Crippen LogP contribution in [-0.4, -0.2) is 35.5 Å². The Labute approximate surface area is 146 Å². The van der Waals surface area contributed by atoms with Crippen molar-refractivity contribution in [3.63, 3.8) is 0 Å². The first-order valence-electron chi connectivity index (χ1n) is 8.04. The number of likely N-dealkylation sites (tertiary alicyclic amines) is 1. The van der Waals surface area contributed by atoms with E-state index in [4.69, 9.17) is 0 Å². The van der Waals surface area contributed by atoms with Crippen LogP contribution in [0.4, 0.5) is 14.5 Å². The Bertz CT molecular complexity index is 812. The van der Waals surface area contributed by atoms with Crippen LogP contribution >= 0.6 is 0 Å². The number of imide groups is 1. The van der Waals surface area contributed by atoms with Gasteiger partial charge in [-0.25, -0.2) is 0 Å². The van der Waals surface area contributed by atoms with Crippen molar-refractivity contribution < 1.29 is 32.6 Å². The van der Waals surface area contributed by atoms with E-state index in [-0.39, 0.29) is 29.0 Å². The molecule has 2 heterocycles. The molecule has 1 aromatic rings. The predicted molar refractivity (Wildman–Crippen MR) is 83.3 cm³/mol. The van der Waals surface area contributed by atoms with E-state index in [1.165, 1.54) is 18.2 Å². The highest BCUT2D eigenvalue weighted by atomic mass is 19.3. The van der Waals surface area contributed by atoms with Crippen molar-refractivity contribution in [3.05, 3.63) is 30.4 Å². The average Bonchev–Trinajstić information content (AvgIpc) is 3.02. The first-order valence-corrected chi connectivity index (χ1v) is 8.04. The van der Waals surface area contributed by atoms with E-state index in [0.29, 0.717) is 12.8 Å². The van der Waals surface area contributed by atoms with Gasteiger partial charge >= 0.3 is 6.29 Å². The largest absolute Gasteiger partial charge is 0.586 e. The van der Waals surface area contributed by atoms with Crippen molar-refractivity contribution in [2.45, 2.75) is 19.1 Å². The molecule has 0 radical (unpaired) electrons. The van der Waals surface area contributed by atoms with Crippen molar-refractivity contribution in [2.24, 2.45) is 11.8 Å². The lowest BCUT2D eigenvalue weighted by atomic mass is 9.85. The first-order chi connectivity index (χ1) is 12.3. The normalized spacial score (nSPS) is 25.4. The maximum Gasteiger partial charge on any atom is 0.586 e. The lowest BCUT2D eigenvalue weighted by molar-refractivity contribution is -0.286. The highest BCUT2D eigenvalue weighted by Gasteiger charge is 2.47. The summed E-state index contributed by atoms with van der Waals surface area (Å²) in [6.07, 6.45) is 0.952. The molecule has 26 heavy (non-hydrogen) atoms. The molecular weight excluding hydrogens is 350 g/mol. The molecule has 0 aromatic heterocycles. The Morgan fingerprint density at radius 1 is 1.12 bits per heavy atom. The third kappa shape index (κ3) is 2.79. The monoisotopic (exact) mass is 364 g/mol. The number of halogens is 2. The molecule has 0 spiro atoms. The van der Waals surface area contributed by atoms with Gasteiger partial charge in [-0.2, -0.15) is 0 Å². The van der Waals surface area contributed by atoms with E-state index in [1.807, 2.05) is 12.2 Å². The zero-order valence-corrected chi connectivity index (χ0v) is 13.4.